The van der Waals surface area contributed by atoms with Crippen LogP contribution in [-0.2, 0) is 0 Å². The van der Waals surface area contributed by atoms with Gasteiger partial charge in [-0.2, -0.15) is 0 Å². The second-order valence-electron chi connectivity index (χ2n) is 5.50. The van der Waals surface area contributed by atoms with Crippen LogP contribution < -0.4 is 5.32 Å². The lowest BCUT2D eigenvalue weighted by molar-refractivity contribution is 0.269. The fraction of sp³-hybridized carbons (Fsp3) is 1.00. The standard InChI is InChI=1S/C15H32N2/c1-3-11-16-12-7-5-6-8-13-17(4-2)14-15-9-10-15/h15-16H,3-14H2,1-2H3. The van der Waals surface area contributed by atoms with E-state index in [4.69, 9.17) is 0 Å². The first kappa shape index (κ1) is 15.0. The third-order valence-electron chi connectivity index (χ3n) is 3.67. The summed E-state index contributed by atoms with van der Waals surface area (Å²) in [5.74, 6) is 1.05. The van der Waals surface area contributed by atoms with Crippen LogP contribution in [0.3, 0.4) is 0 Å². The molecule has 0 bridgehead atoms. The normalized spacial score (nSPS) is 15.7. The molecule has 0 heterocycles. The second-order valence-corrected chi connectivity index (χ2v) is 5.50. The molecule has 1 rings (SSSR count). The first-order valence-corrected chi connectivity index (χ1v) is 7.79. The lowest BCUT2D eigenvalue weighted by atomic mass is 10.2. The summed E-state index contributed by atoms with van der Waals surface area (Å²) in [4.78, 5) is 2.65. The smallest absolute Gasteiger partial charge is 0.000954 e. The third-order valence-corrected chi connectivity index (χ3v) is 3.67. The van der Waals surface area contributed by atoms with E-state index < -0.39 is 0 Å². The number of nitrogens with zero attached hydrogens (tertiary/aromatic N) is 1. The van der Waals surface area contributed by atoms with Crippen molar-refractivity contribution in [2.75, 3.05) is 32.7 Å². The lowest BCUT2D eigenvalue weighted by Crippen LogP contribution is -2.26. The van der Waals surface area contributed by atoms with Gasteiger partial charge in [-0.25, -0.2) is 0 Å². The van der Waals surface area contributed by atoms with Crippen molar-refractivity contribution < 1.29 is 0 Å². The molecule has 0 aromatic heterocycles. The van der Waals surface area contributed by atoms with Crippen LogP contribution in [0.1, 0.15) is 58.8 Å². The van der Waals surface area contributed by atoms with Gasteiger partial charge in [0.15, 0.2) is 0 Å². The highest BCUT2D eigenvalue weighted by molar-refractivity contribution is 4.76. The fourth-order valence-electron chi connectivity index (χ4n) is 2.28. The Labute approximate surface area is 108 Å². The van der Waals surface area contributed by atoms with Gasteiger partial charge in [-0.1, -0.05) is 26.7 Å². The Hall–Kier alpha value is -0.0800. The van der Waals surface area contributed by atoms with Gasteiger partial charge in [0.2, 0.25) is 0 Å². The molecule has 1 fully saturated rings. The largest absolute Gasteiger partial charge is 0.317 e. The average Bonchev–Trinajstić information content (AvgIpc) is 3.15. The van der Waals surface area contributed by atoms with E-state index in [9.17, 15) is 0 Å². The molecule has 0 amide bonds. The Kier molecular flexibility index (Phi) is 8.72. The summed E-state index contributed by atoms with van der Waals surface area (Å²) in [6.07, 6.45) is 9.79. The first-order chi connectivity index (χ1) is 8.36. The van der Waals surface area contributed by atoms with Gasteiger partial charge < -0.3 is 10.2 Å². The SMILES string of the molecule is CCCNCCCCCCN(CC)CC1CC1. The van der Waals surface area contributed by atoms with Gasteiger partial charge in [0.05, 0.1) is 0 Å². The van der Waals surface area contributed by atoms with Crippen LogP contribution in [0, 0.1) is 5.92 Å². The highest BCUT2D eigenvalue weighted by Gasteiger charge is 2.23. The molecule has 0 aromatic carbocycles. The molecule has 2 nitrogen and oxygen atoms in total. The number of unbranched alkanes of at least 4 members (excludes halogenated alkanes) is 3. The van der Waals surface area contributed by atoms with Gasteiger partial charge in [-0.05, 0) is 64.2 Å². The maximum atomic E-state index is 3.47. The molecule has 0 aliphatic heterocycles. The van der Waals surface area contributed by atoms with Crippen molar-refractivity contribution in [3.63, 3.8) is 0 Å². The van der Waals surface area contributed by atoms with E-state index in [0.29, 0.717) is 0 Å². The molecule has 0 unspecified atom stereocenters. The Balaban J connectivity index is 1.81. The topological polar surface area (TPSA) is 15.3 Å². The van der Waals surface area contributed by atoms with Crippen LogP contribution in [0.4, 0.5) is 0 Å². The third kappa shape index (κ3) is 8.62. The van der Waals surface area contributed by atoms with Crippen molar-refractivity contribution in [1.82, 2.24) is 10.2 Å². The minimum atomic E-state index is 1.05. The van der Waals surface area contributed by atoms with Gasteiger partial charge in [0.25, 0.3) is 0 Å². The highest BCUT2D eigenvalue weighted by Crippen LogP contribution is 2.29. The number of hydrogen-bond donors (Lipinski definition) is 1. The predicted octanol–water partition coefficient (Wildman–Crippen LogP) is 3.28. The summed E-state index contributed by atoms with van der Waals surface area (Å²) in [5.41, 5.74) is 0. The molecule has 17 heavy (non-hydrogen) atoms. The number of hydrogen-bond acceptors (Lipinski definition) is 2. The van der Waals surface area contributed by atoms with Crippen LogP contribution in [0.25, 0.3) is 0 Å². The number of rotatable bonds is 12. The molecule has 0 radical (unpaired) electrons. The van der Waals surface area contributed by atoms with E-state index in [1.165, 1.54) is 77.7 Å². The minimum absolute atomic E-state index is 1.05. The van der Waals surface area contributed by atoms with Crippen molar-refractivity contribution in [3.8, 4) is 0 Å². The molecule has 0 saturated heterocycles. The van der Waals surface area contributed by atoms with Gasteiger partial charge in [0, 0.05) is 6.54 Å². The molecular formula is C15H32N2. The van der Waals surface area contributed by atoms with Crippen molar-refractivity contribution >= 4 is 0 Å². The summed E-state index contributed by atoms with van der Waals surface area (Å²) in [7, 11) is 0. The molecule has 102 valence electrons. The van der Waals surface area contributed by atoms with E-state index >= 15 is 0 Å². The Bertz CT molecular complexity index is 166. The minimum Gasteiger partial charge on any atom is -0.317 e. The van der Waals surface area contributed by atoms with Crippen LogP contribution in [-0.4, -0.2) is 37.6 Å². The Morgan fingerprint density at radius 1 is 1.00 bits per heavy atom. The van der Waals surface area contributed by atoms with Crippen molar-refractivity contribution in [1.29, 1.82) is 0 Å². The quantitative estimate of drug-likeness (QED) is 0.527. The van der Waals surface area contributed by atoms with Crippen LogP contribution in [0.5, 0.6) is 0 Å². The predicted molar refractivity (Wildman–Crippen MR) is 76.5 cm³/mol. The molecule has 1 aliphatic rings. The monoisotopic (exact) mass is 240 g/mol. The second kappa shape index (κ2) is 9.90. The summed E-state index contributed by atoms with van der Waals surface area (Å²) in [6, 6.07) is 0. The van der Waals surface area contributed by atoms with E-state index in [0.717, 1.165) is 5.92 Å². The molecule has 2 heteroatoms. The molecule has 0 atom stereocenters. The van der Waals surface area contributed by atoms with Crippen molar-refractivity contribution in [2.45, 2.75) is 58.8 Å². The van der Waals surface area contributed by atoms with Gasteiger partial charge >= 0.3 is 0 Å². The van der Waals surface area contributed by atoms with Crippen LogP contribution >= 0.6 is 0 Å². The Morgan fingerprint density at radius 2 is 1.76 bits per heavy atom. The van der Waals surface area contributed by atoms with E-state index in [1.807, 2.05) is 0 Å². The Morgan fingerprint density at radius 3 is 2.41 bits per heavy atom. The van der Waals surface area contributed by atoms with Crippen molar-refractivity contribution in [2.24, 2.45) is 5.92 Å². The average molecular weight is 240 g/mol. The first-order valence-electron chi connectivity index (χ1n) is 7.79. The summed E-state index contributed by atoms with van der Waals surface area (Å²) in [6.45, 7) is 10.9. The maximum Gasteiger partial charge on any atom is 0.000954 e. The number of nitrogens with one attached hydrogen (secondary N) is 1. The molecule has 0 spiro atoms. The zero-order chi connectivity index (χ0) is 12.3. The molecule has 1 aliphatic carbocycles. The lowest BCUT2D eigenvalue weighted by Gasteiger charge is -2.19. The molecular weight excluding hydrogens is 208 g/mol. The van der Waals surface area contributed by atoms with Gasteiger partial charge in [-0.3, -0.25) is 0 Å². The maximum absolute atomic E-state index is 3.47. The van der Waals surface area contributed by atoms with Gasteiger partial charge in [-0.15, -0.1) is 0 Å². The van der Waals surface area contributed by atoms with Crippen LogP contribution in [0.2, 0.25) is 0 Å². The van der Waals surface area contributed by atoms with Crippen LogP contribution in [0.15, 0.2) is 0 Å². The highest BCUT2D eigenvalue weighted by atomic mass is 15.1. The van der Waals surface area contributed by atoms with E-state index in [1.54, 1.807) is 0 Å². The van der Waals surface area contributed by atoms with E-state index in [2.05, 4.69) is 24.1 Å². The van der Waals surface area contributed by atoms with Crippen molar-refractivity contribution in [3.05, 3.63) is 0 Å². The zero-order valence-corrected chi connectivity index (χ0v) is 12.0. The molecule has 1 N–H and O–H groups in total. The fourth-order valence-corrected chi connectivity index (χ4v) is 2.28. The molecule has 0 aromatic rings. The summed E-state index contributed by atoms with van der Waals surface area (Å²) < 4.78 is 0. The summed E-state index contributed by atoms with van der Waals surface area (Å²) >= 11 is 0. The van der Waals surface area contributed by atoms with E-state index in [-0.39, 0.29) is 0 Å². The molecule has 1 saturated carbocycles. The summed E-state index contributed by atoms with van der Waals surface area (Å²) in [5, 5.41) is 3.47. The zero-order valence-electron chi connectivity index (χ0n) is 12.0. The van der Waals surface area contributed by atoms with Gasteiger partial charge in [0.1, 0.15) is 0 Å².